The minimum absolute atomic E-state index is 0.208. The van der Waals surface area contributed by atoms with Crippen molar-refractivity contribution in [3.63, 3.8) is 0 Å². The number of para-hydroxylation sites is 1. The van der Waals surface area contributed by atoms with E-state index < -0.39 is 6.10 Å². The van der Waals surface area contributed by atoms with Gasteiger partial charge in [-0.1, -0.05) is 45.9 Å². The maximum absolute atomic E-state index is 10.2. The van der Waals surface area contributed by atoms with Gasteiger partial charge in [0.15, 0.2) is 0 Å². The van der Waals surface area contributed by atoms with E-state index in [2.05, 4.69) is 13.0 Å². The van der Waals surface area contributed by atoms with Crippen LogP contribution in [0.25, 0.3) is 11.0 Å². The molecule has 2 aromatic rings. The molecule has 1 aromatic heterocycles. The van der Waals surface area contributed by atoms with Gasteiger partial charge in [-0.15, -0.1) is 0 Å². The number of hydrogen-bond acceptors (Lipinski definition) is 2. The quantitative estimate of drug-likeness (QED) is 0.846. The molecule has 0 spiro atoms. The maximum atomic E-state index is 10.2. The number of furan rings is 1. The van der Waals surface area contributed by atoms with E-state index in [1.54, 1.807) is 0 Å². The Morgan fingerprint density at radius 2 is 2.00 bits per heavy atom. The van der Waals surface area contributed by atoms with E-state index in [-0.39, 0.29) is 5.41 Å². The van der Waals surface area contributed by atoms with Gasteiger partial charge < -0.3 is 9.52 Å². The van der Waals surface area contributed by atoms with E-state index >= 15 is 0 Å². The van der Waals surface area contributed by atoms with Gasteiger partial charge in [0.25, 0.3) is 0 Å². The summed E-state index contributed by atoms with van der Waals surface area (Å²) >= 11 is 0. The van der Waals surface area contributed by atoms with Gasteiger partial charge >= 0.3 is 0 Å². The predicted octanol–water partition coefficient (Wildman–Crippen LogP) is 4.07. The molecule has 1 heterocycles. The summed E-state index contributed by atoms with van der Waals surface area (Å²) < 4.78 is 5.83. The molecule has 0 fully saturated rings. The number of aliphatic hydroxyl groups excluding tert-OH is 1. The lowest BCUT2D eigenvalue weighted by molar-refractivity contribution is 0.0448. The fraction of sp³-hybridized carbons (Fsp3) is 0.467. The molecule has 17 heavy (non-hydrogen) atoms. The van der Waals surface area contributed by atoms with Gasteiger partial charge in [-0.05, 0) is 23.5 Å². The average Bonchev–Trinajstić information content (AvgIpc) is 2.69. The highest BCUT2D eigenvalue weighted by Crippen LogP contribution is 2.36. The average molecular weight is 232 g/mol. The lowest BCUT2D eigenvalue weighted by atomic mass is 9.88. The second-order valence-corrected chi connectivity index (χ2v) is 5.61. The third-order valence-electron chi connectivity index (χ3n) is 3.12. The minimum atomic E-state index is -0.570. The van der Waals surface area contributed by atoms with Crippen LogP contribution in [0.5, 0.6) is 0 Å². The molecule has 0 aliphatic rings. The lowest BCUT2D eigenvalue weighted by Crippen LogP contribution is -2.16. The number of fused-ring (bicyclic) bond motifs is 1. The molecule has 0 radical (unpaired) electrons. The molecule has 0 bridgehead atoms. The van der Waals surface area contributed by atoms with Gasteiger partial charge in [-0.25, -0.2) is 0 Å². The zero-order valence-electron chi connectivity index (χ0n) is 10.9. The monoisotopic (exact) mass is 232 g/mol. The van der Waals surface area contributed by atoms with Crippen LogP contribution < -0.4 is 0 Å². The van der Waals surface area contributed by atoms with Gasteiger partial charge in [0, 0.05) is 5.39 Å². The lowest BCUT2D eigenvalue weighted by Gasteiger charge is -2.23. The van der Waals surface area contributed by atoms with Crippen LogP contribution in [0, 0.1) is 5.41 Å². The molecule has 1 aromatic carbocycles. The van der Waals surface area contributed by atoms with Crippen LogP contribution in [0.3, 0.4) is 0 Å². The summed E-state index contributed by atoms with van der Waals surface area (Å²) in [4.78, 5) is 0. The van der Waals surface area contributed by atoms with Crippen LogP contribution in [-0.2, 0) is 6.42 Å². The summed E-state index contributed by atoms with van der Waals surface area (Å²) in [6.07, 6.45) is 0.371. The fourth-order valence-electron chi connectivity index (χ4n) is 1.98. The molecule has 1 N–H and O–H groups in total. The molecule has 0 saturated heterocycles. The Morgan fingerprint density at radius 3 is 2.59 bits per heavy atom. The van der Waals surface area contributed by atoms with Crippen molar-refractivity contribution in [3.05, 3.63) is 35.6 Å². The second-order valence-electron chi connectivity index (χ2n) is 5.61. The number of hydrogen-bond donors (Lipinski definition) is 1. The van der Waals surface area contributed by atoms with Crippen LogP contribution in [-0.4, -0.2) is 5.11 Å². The summed E-state index contributed by atoms with van der Waals surface area (Å²) in [6, 6.07) is 8.07. The molecular weight excluding hydrogens is 212 g/mol. The van der Waals surface area contributed by atoms with Gasteiger partial charge in [0.2, 0.25) is 0 Å². The Balaban J connectivity index is 2.52. The van der Waals surface area contributed by atoms with Gasteiger partial charge in [-0.2, -0.15) is 0 Å². The second kappa shape index (κ2) is 4.19. The van der Waals surface area contributed by atoms with Gasteiger partial charge in [0.1, 0.15) is 17.4 Å². The highest BCUT2D eigenvalue weighted by Gasteiger charge is 2.27. The zero-order valence-corrected chi connectivity index (χ0v) is 10.9. The number of benzene rings is 1. The molecule has 2 nitrogen and oxygen atoms in total. The van der Waals surface area contributed by atoms with Gasteiger partial charge in [0.05, 0.1) is 0 Å². The van der Waals surface area contributed by atoms with Gasteiger partial charge in [-0.3, -0.25) is 0 Å². The Hall–Kier alpha value is -1.28. The molecule has 0 aliphatic carbocycles. The summed E-state index contributed by atoms with van der Waals surface area (Å²) in [5.41, 5.74) is 1.89. The number of aryl methyl sites for hydroxylation is 1. The maximum Gasteiger partial charge on any atom is 0.137 e. The Morgan fingerprint density at radius 1 is 1.29 bits per heavy atom. The summed E-state index contributed by atoms with van der Waals surface area (Å²) in [7, 11) is 0. The van der Waals surface area contributed by atoms with Crippen LogP contribution in [0.15, 0.2) is 28.7 Å². The summed E-state index contributed by atoms with van der Waals surface area (Å²) in [6.45, 7) is 8.12. The van der Waals surface area contributed by atoms with E-state index in [9.17, 15) is 5.11 Å². The molecular formula is C15H20O2. The first-order valence-electron chi connectivity index (χ1n) is 6.13. The van der Waals surface area contributed by atoms with Crippen molar-refractivity contribution in [2.45, 2.75) is 40.2 Å². The topological polar surface area (TPSA) is 33.4 Å². The van der Waals surface area contributed by atoms with Crippen LogP contribution in [0.1, 0.15) is 45.1 Å². The van der Waals surface area contributed by atoms with E-state index in [4.69, 9.17) is 4.42 Å². The van der Waals surface area contributed by atoms with Crippen LogP contribution in [0.2, 0.25) is 0 Å². The normalized spacial score (nSPS) is 14.2. The predicted molar refractivity (Wildman–Crippen MR) is 70.0 cm³/mol. The number of rotatable bonds is 2. The Bertz CT molecular complexity index is 517. The van der Waals surface area contributed by atoms with Crippen LogP contribution >= 0.6 is 0 Å². The molecule has 2 heteroatoms. The first-order valence-corrected chi connectivity index (χ1v) is 6.13. The van der Waals surface area contributed by atoms with Crippen molar-refractivity contribution in [2.24, 2.45) is 5.41 Å². The number of aliphatic hydroxyl groups is 1. The third-order valence-corrected chi connectivity index (χ3v) is 3.12. The van der Waals surface area contributed by atoms with Crippen molar-refractivity contribution in [1.29, 1.82) is 0 Å². The third kappa shape index (κ3) is 2.22. The molecule has 1 unspecified atom stereocenters. The standard InChI is InChI=1S/C15H20O2/c1-5-10-7-6-8-11-9-12(17-13(10)11)14(16)15(2,3)4/h6-9,14,16H,5H2,1-4H3. The molecule has 0 saturated carbocycles. The first kappa shape index (κ1) is 12.2. The molecule has 0 amide bonds. The highest BCUT2D eigenvalue weighted by atomic mass is 16.4. The van der Waals surface area contributed by atoms with Crippen LogP contribution in [0.4, 0.5) is 0 Å². The van der Waals surface area contributed by atoms with Crippen molar-refractivity contribution >= 4 is 11.0 Å². The first-order chi connectivity index (χ1) is 7.93. The van der Waals surface area contributed by atoms with Crippen molar-refractivity contribution in [1.82, 2.24) is 0 Å². The van der Waals surface area contributed by atoms with E-state index in [0.717, 1.165) is 17.4 Å². The minimum Gasteiger partial charge on any atom is -0.458 e. The fourth-order valence-corrected chi connectivity index (χ4v) is 1.98. The summed E-state index contributed by atoms with van der Waals surface area (Å²) in [5, 5.41) is 11.3. The Labute approximate surface area is 102 Å². The zero-order chi connectivity index (χ0) is 12.6. The van der Waals surface area contributed by atoms with Crippen molar-refractivity contribution in [2.75, 3.05) is 0 Å². The SMILES string of the molecule is CCc1cccc2cc(C(O)C(C)(C)C)oc12. The molecule has 92 valence electrons. The smallest absolute Gasteiger partial charge is 0.137 e. The Kier molecular flexibility index (Phi) is 3.00. The highest BCUT2D eigenvalue weighted by molar-refractivity contribution is 5.81. The summed E-state index contributed by atoms with van der Waals surface area (Å²) in [5.74, 6) is 0.661. The van der Waals surface area contributed by atoms with E-state index in [1.807, 2.05) is 39.0 Å². The van der Waals surface area contributed by atoms with Crippen molar-refractivity contribution in [3.8, 4) is 0 Å². The van der Waals surface area contributed by atoms with Crippen molar-refractivity contribution < 1.29 is 9.52 Å². The molecule has 0 aliphatic heterocycles. The largest absolute Gasteiger partial charge is 0.458 e. The van der Waals surface area contributed by atoms with E-state index in [1.165, 1.54) is 5.56 Å². The van der Waals surface area contributed by atoms with E-state index in [0.29, 0.717) is 5.76 Å². The molecule has 1 atom stereocenters. The molecule has 2 rings (SSSR count).